The molecule has 1 fully saturated rings. The van der Waals surface area contributed by atoms with Gasteiger partial charge in [-0.25, -0.2) is 4.39 Å². The number of rotatable bonds is 3. The van der Waals surface area contributed by atoms with Gasteiger partial charge in [0.2, 0.25) is 5.91 Å². The second-order valence-corrected chi connectivity index (χ2v) is 6.17. The highest BCUT2D eigenvalue weighted by Gasteiger charge is 2.42. The number of benzene rings is 2. The summed E-state index contributed by atoms with van der Waals surface area (Å²) < 4.78 is 13.9. The average molecular weight is 318 g/mol. The van der Waals surface area contributed by atoms with E-state index in [1.54, 1.807) is 6.07 Å². The van der Waals surface area contributed by atoms with E-state index in [0.717, 1.165) is 31.2 Å². The zero-order valence-corrected chi connectivity index (χ0v) is 12.9. The number of amides is 1. The van der Waals surface area contributed by atoms with Crippen LogP contribution >= 0.6 is 11.6 Å². The van der Waals surface area contributed by atoms with Crippen molar-refractivity contribution in [3.8, 4) is 0 Å². The van der Waals surface area contributed by atoms with Gasteiger partial charge in [-0.1, -0.05) is 54.8 Å². The summed E-state index contributed by atoms with van der Waals surface area (Å²) in [5.74, 6) is -0.653. The van der Waals surface area contributed by atoms with Gasteiger partial charge in [-0.15, -0.1) is 0 Å². The van der Waals surface area contributed by atoms with Gasteiger partial charge >= 0.3 is 0 Å². The zero-order chi connectivity index (χ0) is 15.6. The fourth-order valence-electron chi connectivity index (χ4n) is 3.22. The van der Waals surface area contributed by atoms with E-state index < -0.39 is 11.2 Å². The monoisotopic (exact) mass is 317 g/mol. The lowest BCUT2D eigenvalue weighted by molar-refractivity contribution is -0.121. The Morgan fingerprint density at radius 2 is 1.77 bits per heavy atom. The minimum absolute atomic E-state index is 0.141. The smallest absolute Gasteiger partial charge is 0.235 e. The van der Waals surface area contributed by atoms with Crippen LogP contribution in [0.1, 0.15) is 31.2 Å². The number of nitrogens with one attached hydrogen (secondary N) is 1. The number of hydrogen-bond acceptors (Lipinski definition) is 1. The van der Waals surface area contributed by atoms with Crippen LogP contribution in [-0.2, 0) is 10.2 Å². The highest BCUT2D eigenvalue weighted by molar-refractivity contribution is 6.30. The molecule has 0 saturated heterocycles. The second kappa shape index (κ2) is 6.09. The van der Waals surface area contributed by atoms with Crippen LogP contribution in [0.15, 0.2) is 48.5 Å². The summed E-state index contributed by atoms with van der Waals surface area (Å²) in [5, 5.41) is 3.06. The molecule has 3 rings (SSSR count). The third-order valence-corrected chi connectivity index (χ3v) is 4.63. The van der Waals surface area contributed by atoms with Gasteiger partial charge in [0.1, 0.15) is 5.82 Å². The third kappa shape index (κ3) is 2.73. The molecule has 0 radical (unpaired) electrons. The minimum Gasteiger partial charge on any atom is -0.323 e. The molecule has 2 nitrogen and oxygen atoms in total. The standard InChI is InChI=1S/C18H17ClFNO/c19-14-8-9-16(15(20)12-14)21-17(22)18(10-4-5-11-18)13-6-2-1-3-7-13/h1-3,6-9,12H,4-5,10-11H2,(H,21,22). The molecule has 2 aromatic carbocycles. The maximum absolute atomic E-state index is 13.9. The van der Waals surface area contributed by atoms with Gasteiger partial charge in [0.25, 0.3) is 0 Å². The molecule has 1 aliphatic rings. The van der Waals surface area contributed by atoms with E-state index in [1.165, 1.54) is 12.1 Å². The Morgan fingerprint density at radius 1 is 1.09 bits per heavy atom. The second-order valence-electron chi connectivity index (χ2n) is 5.73. The van der Waals surface area contributed by atoms with E-state index in [-0.39, 0.29) is 11.6 Å². The van der Waals surface area contributed by atoms with E-state index in [1.807, 2.05) is 30.3 Å². The van der Waals surface area contributed by atoms with Crippen LogP contribution < -0.4 is 5.32 Å². The van der Waals surface area contributed by atoms with Crippen LogP contribution in [0.2, 0.25) is 5.02 Å². The topological polar surface area (TPSA) is 29.1 Å². The Balaban J connectivity index is 1.91. The van der Waals surface area contributed by atoms with Gasteiger partial charge in [0, 0.05) is 5.02 Å². The highest BCUT2D eigenvalue weighted by atomic mass is 35.5. The number of anilines is 1. The lowest BCUT2D eigenvalue weighted by atomic mass is 9.78. The Morgan fingerprint density at radius 3 is 2.41 bits per heavy atom. The summed E-state index contributed by atoms with van der Waals surface area (Å²) >= 11 is 5.75. The van der Waals surface area contributed by atoms with Crippen molar-refractivity contribution in [3.05, 3.63) is 64.9 Å². The Kier molecular flexibility index (Phi) is 4.16. The van der Waals surface area contributed by atoms with Crippen molar-refractivity contribution in [1.29, 1.82) is 0 Å². The van der Waals surface area contributed by atoms with E-state index in [4.69, 9.17) is 11.6 Å². The largest absolute Gasteiger partial charge is 0.323 e. The van der Waals surface area contributed by atoms with Crippen molar-refractivity contribution >= 4 is 23.2 Å². The molecule has 4 heteroatoms. The molecule has 114 valence electrons. The van der Waals surface area contributed by atoms with Crippen LogP contribution in [0.4, 0.5) is 10.1 Å². The first kappa shape index (κ1) is 15.0. The average Bonchev–Trinajstić information content (AvgIpc) is 3.02. The van der Waals surface area contributed by atoms with Crippen molar-refractivity contribution in [1.82, 2.24) is 0 Å². The summed E-state index contributed by atoms with van der Waals surface area (Å²) in [6.07, 6.45) is 3.59. The van der Waals surface area contributed by atoms with Crippen LogP contribution in [0.3, 0.4) is 0 Å². The van der Waals surface area contributed by atoms with E-state index >= 15 is 0 Å². The van der Waals surface area contributed by atoms with Crippen LogP contribution in [-0.4, -0.2) is 5.91 Å². The molecule has 1 amide bonds. The zero-order valence-electron chi connectivity index (χ0n) is 12.1. The summed E-state index contributed by atoms with van der Waals surface area (Å²) in [6.45, 7) is 0. The molecule has 1 saturated carbocycles. The normalized spacial score (nSPS) is 16.5. The molecular weight excluding hydrogens is 301 g/mol. The van der Waals surface area contributed by atoms with Crippen LogP contribution in [0.25, 0.3) is 0 Å². The molecule has 1 N–H and O–H groups in total. The van der Waals surface area contributed by atoms with E-state index in [2.05, 4.69) is 5.32 Å². The van der Waals surface area contributed by atoms with Crippen molar-refractivity contribution in [3.63, 3.8) is 0 Å². The Bertz CT molecular complexity index is 681. The van der Waals surface area contributed by atoms with Crippen molar-refractivity contribution < 1.29 is 9.18 Å². The number of carbonyl (C=O) groups is 1. The lowest BCUT2D eigenvalue weighted by Gasteiger charge is -2.28. The van der Waals surface area contributed by atoms with Crippen LogP contribution in [0.5, 0.6) is 0 Å². The third-order valence-electron chi connectivity index (χ3n) is 4.40. The molecular formula is C18H17ClFNO. The Labute approximate surface area is 134 Å². The molecule has 22 heavy (non-hydrogen) atoms. The summed E-state index contributed by atoms with van der Waals surface area (Å²) in [6, 6.07) is 14.0. The van der Waals surface area contributed by atoms with Crippen molar-refractivity contribution in [2.45, 2.75) is 31.1 Å². The number of halogens is 2. The van der Waals surface area contributed by atoms with Gasteiger partial charge in [-0.2, -0.15) is 0 Å². The quantitative estimate of drug-likeness (QED) is 0.854. The predicted octanol–water partition coefficient (Wildman–Crippen LogP) is 4.93. The first-order valence-electron chi connectivity index (χ1n) is 7.44. The van der Waals surface area contributed by atoms with Crippen molar-refractivity contribution in [2.75, 3.05) is 5.32 Å². The van der Waals surface area contributed by atoms with Crippen LogP contribution in [0, 0.1) is 5.82 Å². The summed E-state index contributed by atoms with van der Waals surface area (Å²) in [5.41, 5.74) is 0.615. The molecule has 0 spiro atoms. The highest BCUT2D eigenvalue weighted by Crippen LogP contribution is 2.42. The molecule has 0 bridgehead atoms. The molecule has 2 aromatic rings. The molecule has 0 atom stereocenters. The van der Waals surface area contributed by atoms with Gasteiger partial charge in [0.15, 0.2) is 0 Å². The van der Waals surface area contributed by atoms with Gasteiger partial charge < -0.3 is 5.32 Å². The molecule has 1 aliphatic carbocycles. The molecule has 0 aromatic heterocycles. The molecule has 0 heterocycles. The van der Waals surface area contributed by atoms with Gasteiger partial charge in [-0.05, 0) is 36.6 Å². The van der Waals surface area contributed by atoms with E-state index in [0.29, 0.717) is 5.02 Å². The lowest BCUT2D eigenvalue weighted by Crippen LogP contribution is -2.38. The fraction of sp³-hybridized carbons (Fsp3) is 0.278. The first-order chi connectivity index (χ1) is 10.6. The molecule has 0 unspecified atom stereocenters. The Hall–Kier alpha value is -1.87. The first-order valence-corrected chi connectivity index (χ1v) is 7.82. The molecule has 0 aliphatic heterocycles. The SMILES string of the molecule is O=C(Nc1ccc(Cl)cc1F)C1(c2ccccc2)CCCC1. The predicted molar refractivity (Wildman–Crippen MR) is 86.6 cm³/mol. The van der Waals surface area contributed by atoms with E-state index in [9.17, 15) is 9.18 Å². The van der Waals surface area contributed by atoms with Gasteiger partial charge in [-0.3, -0.25) is 4.79 Å². The summed E-state index contributed by atoms with van der Waals surface area (Å²) in [4.78, 5) is 12.9. The fourth-order valence-corrected chi connectivity index (χ4v) is 3.37. The number of hydrogen-bond donors (Lipinski definition) is 1. The number of carbonyl (C=O) groups excluding carboxylic acids is 1. The van der Waals surface area contributed by atoms with Gasteiger partial charge in [0.05, 0.1) is 11.1 Å². The summed E-state index contributed by atoms with van der Waals surface area (Å²) in [7, 11) is 0. The minimum atomic E-state index is -0.562. The maximum atomic E-state index is 13.9. The van der Waals surface area contributed by atoms with Crippen molar-refractivity contribution in [2.24, 2.45) is 0 Å². The maximum Gasteiger partial charge on any atom is 0.235 e.